The number of furan rings is 1. The Morgan fingerprint density at radius 1 is 1.43 bits per heavy atom. The summed E-state index contributed by atoms with van der Waals surface area (Å²) in [4.78, 5) is 20.2. The third-order valence-corrected chi connectivity index (χ3v) is 4.84. The molecule has 170 valence electrons. The van der Waals surface area contributed by atoms with Gasteiger partial charge in [-0.05, 0) is 52.9 Å². The van der Waals surface area contributed by atoms with Gasteiger partial charge in [0.15, 0.2) is 5.96 Å². The van der Waals surface area contributed by atoms with E-state index in [1.165, 1.54) is 0 Å². The molecule has 9 heteroatoms. The molecule has 1 aromatic heterocycles. The van der Waals surface area contributed by atoms with Crippen LogP contribution in [0, 0.1) is 0 Å². The molecule has 0 spiro atoms. The maximum absolute atomic E-state index is 11.9. The van der Waals surface area contributed by atoms with Crippen LogP contribution in [-0.4, -0.2) is 92.0 Å². The van der Waals surface area contributed by atoms with E-state index in [0.29, 0.717) is 38.7 Å². The molecule has 0 aliphatic carbocycles. The lowest BCUT2D eigenvalue weighted by molar-refractivity contribution is 0.0423. The van der Waals surface area contributed by atoms with Gasteiger partial charge in [0.25, 0.3) is 0 Å². The lowest BCUT2D eigenvalue weighted by Gasteiger charge is -2.32. The summed E-state index contributed by atoms with van der Waals surface area (Å²) in [7, 11) is 3.85. The van der Waals surface area contributed by atoms with Crippen LogP contribution >= 0.6 is 0 Å². The summed E-state index contributed by atoms with van der Waals surface area (Å²) >= 11 is 0. The SMILES string of the molecule is CCOC(=O)N1CCC(NC(=NCC(C)(O)CN(C)C)NCCc2ccco2)CC1. The van der Waals surface area contributed by atoms with E-state index in [2.05, 4.69) is 15.6 Å². The van der Waals surface area contributed by atoms with Gasteiger partial charge in [-0.25, -0.2) is 4.79 Å². The van der Waals surface area contributed by atoms with Crippen LogP contribution in [0.15, 0.2) is 27.8 Å². The first-order valence-electron chi connectivity index (χ1n) is 10.6. The van der Waals surface area contributed by atoms with Gasteiger partial charge in [0, 0.05) is 38.6 Å². The highest BCUT2D eigenvalue weighted by Gasteiger charge is 2.25. The van der Waals surface area contributed by atoms with Crippen molar-refractivity contribution in [3.63, 3.8) is 0 Å². The van der Waals surface area contributed by atoms with Crippen LogP contribution in [0.5, 0.6) is 0 Å². The molecule has 1 aliphatic heterocycles. The first-order valence-corrected chi connectivity index (χ1v) is 10.6. The zero-order valence-electron chi connectivity index (χ0n) is 18.7. The molecule has 0 radical (unpaired) electrons. The molecule has 1 fully saturated rings. The summed E-state index contributed by atoms with van der Waals surface area (Å²) in [6, 6.07) is 4.02. The van der Waals surface area contributed by atoms with Gasteiger partial charge in [-0.2, -0.15) is 0 Å². The Labute approximate surface area is 179 Å². The normalized spacial score (nSPS) is 17.7. The third kappa shape index (κ3) is 8.62. The van der Waals surface area contributed by atoms with Gasteiger partial charge in [0.1, 0.15) is 5.76 Å². The van der Waals surface area contributed by atoms with E-state index in [1.54, 1.807) is 18.1 Å². The van der Waals surface area contributed by atoms with E-state index in [1.807, 2.05) is 38.1 Å². The summed E-state index contributed by atoms with van der Waals surface area (Å²) in [6.45, 7) is 6.75. The molecule has 1 amide bonds. The van der Waals surface area contributed by atoms with Crippen molar-refractivity contribution in [2.75, 3.05) is 53.4 Å². The highest BCUT2D eigenvalue weighted by atomic mass is 16.6. The number of piperidine rings is 1. The monoisotopic (exact) mass is 423 g/mol. The number of rotatable bonds is 9. The first-order chi connectivity index (χ1) is 14.3. The summed E-state index contributed by atoms with van der Waals surface area (Å²) in [5.74, 6) is 1.57. The lowest BCUT2D eigenvalue weighted by atomic mass is 10.1. The minimum Gasteiger partial charge on any atom is -0.469 e. The molecule has 2 rings (SSSR count). The molecular formula is C21H37N5O4. The van der Waals surface area contributed by atoms with Crippen LogP contribution < -0.4 is 10.6 Å². The standard InChI is InChI=1S/C21H37N5O4/c1-5-29-20(27)26-12-9-17(10-13-26)24-19(22-11-8-18-7-6-14-30-18)23-15-21(2,28)16-25(3)4/h6-7,14,17,28H,5,8-13,15-16H2,1-4H3,(H2,22,23,24). The van der Waals surface area contributed by atoms with Crippen LogP contribution in [0.2, 0.25) is 0 Å². The molecule has 1 saturated heterocycles. The molecule has 0 bridgehead atoms. The largest absolute Gasteiger partial charge is 0.469 e. The number of aliphatic imine (C=N–C) groups is 1. The minimum atomic E-state index is -0.924. The average Bonchev–Trinajstić information content (AvgIpc) is 3.19. The third-order valence-electron chi connectivity index (χ3n) is 4.84. The number of aliphatic hydroxyl groups is 1. The quantitative estimate of drug-likeness (QED) is 0.406. The van der Waals surface area contributed by atoms with Crippen LogP contribution in [0.4, 0.5) is 4.79 Å². The lowest BCUT2D eigenvalue weighted by Crippen LogP contribution is -2.50. The van der Waals surface area contributed by atoms with Crippen LogP contribution in [0.3, 0.4) is 0 Å². The second-order valence-electron chi connectivity index (χ2n) is 8.26. The highest BCUT2D eigenvalue weighted by molar-refractivity contribution is 5.80. The van der Waals surface area contributed by atoms with Crippen molar-refractivity contribution < 1.29 is 19.1 Å². The number of likely N-dealkylation sites (tertiary alicyclic amines) is 1. The Bertz CT molecular complexity index is 652. The van der Waals surface area contributed by atoms with Crippen molar-refractivity contribution in [2.45, 2.75) is 44.8 Å². The van der Waals surface area contributed by atoms with Gasteiger partial charge in [-0.3, -0.25) is 4.99 Å². The van der Waals surface area contributed by atoms with Gasteiger partial charge >= 0.3 is 6.09 Å². The first kappa shape index (κ1) is 24.0. The Morgan fingerprint density at radius 3 is 2.77 bits per heavy atom. The van der Waals surface area contributed by atoms with Crippen LogP contribution in [0.25, 0.3) is 0 Å². The summed E-state index contributed by atoms with van der Waals surface area (Å²) in [6.07, 6.45) is 3.78. The fraction of sp³-hybridized carbons (Fsp3) is 0.714. The van der Waals surface area contributed by atoms with Gasteiger partial charge in [-0.1, -0.05) is 0 Å². The average molecular weight is 424 g/mol. The smallest absolute Gasteiger partial charge is 0.409 e. The number of nitrogens with zero attached hydrogens (tertiary/aromatic N) is 3. The number of hydrogen-bond donors (Lipinski definition) is 3. The zero-order chi connectivity index (χ0) is 22.0. The maximum atomic E-state index is 11.9. The Balaban J connectivity index is 1.91. The number of nitrogens with one attached hydrogen (secondary N) is 2. The van der Waals surface area contributed by atoms with Crippen molar-refractivity contribution >= 4 is 12.1 Å². The fourth-order valence-electron chi connectivity index (χ4n) is 3.51. The van der Waals surface area contributed by atoms with Crippen LogP contribution in [-0.2, 0) is 11.2 Å². The van der Waals surface area contributed by atoms with Gasteiger partial charge in [0.05, 0.1) is 25.0 Å². The Morgan fingerprint density at radius 2 is 2.17 bits per heavy atom. The number of hydrogen-bond acceptors (Lipinski definition) is 6. The predicted octanol–water partition coefficient (Wildman–Crippen LogP) is 1.29. The second kappa shape index (κ2) is 11.8. The predicted molar refractivity (Wildman–Crippen MR) is 117 cm³/mol. The van der Waals surface area contributed by atoms with E-state index >= 15 is 0 Å². The molecule has 0 saturated carbocycles. The molecule has 9 nitrogen and oxygen atoms in total. The number of carbonyl (C=O) groups excluding carboxylic acids is 1. The van der Waals surface area contributed by atoms with Gasteiger partial charge in [-0.15, -0.1) is 0 Å². The Hall–Kier alpha value is -2.26. The molecule has 1 unspecified atom stereocenters. The van der Waals surface area contributed by atoms with E-state index in [-0.39, 0.29) is 18.7 Å². The van der Waals surface area contributed by atoms with Crippen molar-refractivity contribution in [1.29, 1.82) is 0 Å². The molecule has 1 aliphatic rings. The molecule has 1 atom stereocenters. The van der Waals surface area contributed by atoms with E-state index in [4.69, 9.17) is 9.15 Å². The minimum absolute atomic E-state index is 0.198. The number of carbonyl (C=O) groups is 1. The molecule has 2 heterocycles. The number of guanidine groups is 1. The van der Waals surface area contributed by atoms with Gasteiger partial charge < -0.3 is 34.7 Å². The van der Waals surface area contributed by atoms with Crippen molar-refractivity contribution in [3.05, 3.63) is 24.2 Å². The van der Waals surface area contributed by atoms with Crippen molar-refractivity contribution in [3.8, 4) is 0 Å². The highest BCUT2D eigenvalue weighted by Crippen LogP contribution is 2.12. The van der Waals surface area contributed by atoms with E-state index in [0.717, 1.165) is 25.0 Å². The fourth-order valence-corrected chi connectivity index (χ4v) is 3.51. The Kier molecular flexibility index (Phi) is 9.45. The molecule has 0 aromatic carbocycles. The molecule has 30 heavy (non-hydrogen) atoms. The second-order valence-corrected chi connectivity index (χ2v) is 8.26. The van der Waals surface area contributed by atoms with E-state index in [9.17, 15) is 9.90 Å². The number of ether oxygens (including phenoxy) is 1. The van der Waals surface area contributed by atoms with Crippen molar-refractivity contribution in [2.24, 2.45) is 4.99 Å². The molecular weight excluding hydrogens is 386 g/mol. The van der Waals surface area contributed by atoms with E-state index < -0.39 is 5.60 Å². The van der Waals surface area contributed by atoms with Crippen molar-refractivity contribution in [1.82, 2.24) is 20.4 Å². The summed E-state index contributed by atoms with van der Waals surface area (Å²) in [5.41, 5.74) is -0.924. The molecule has 3 N–H and O–H groups in total. The number of likely N-dealkylation sites (N-methyl/N-ethyl adjacent to an activating group) is 1. The number of amides is 1. The summed E-state index contributed by atoms with van der Waals surface area (Å²) < 4.78 is 10.5. The maximum Gasteiger partial charge on any atom is 0.409 e. The topological polar surface area (TPSA) is 103 Å². The van der Waals surface area contributed by atoms with Crippen LogP contribution in [0.1, 0.15) is 32.4 Å². The zero-order valence-corrected chi connectivity index (χ0v) is 18.7. The summed E-state index contributed by atoms with van der Waals surface area (Å²) in [5, 5.41) is 17.4. The molecule has 1 aromatic rings. The van der Waals surface area contributed by atoms with Gasteiger partial charge in [0.2, 0.25) is 0 Å².